The van der Waals surface area contributed by atoms with Crippen molar-refractivity contribution in [2.45, 2.75) is 38.8 Å². The van der Waals surface area contributed by atoms with Crippen molar-refractivity contribution in [3.63, 3.8) is 0 Å². The van der Waals surface area contributed by atoms with E-state index in [-0.39, 0.29) is 6.10 Å². The van der Waals surface area contributed by atoms with Gasteiger partial charge in [0.1, 0.15) is 6.54 Å². The molecule has 17 heavy (non-hydrogen) atoms. The van der Waals surface area contributed by atoms with Gasteiger partial charge in [-0.25, -0.2) is 0 Å². The lowest BCUT2D eigenvalue weighted by atomic mass is 9.93. The van der Waals surface area contributed by atoms with E-state index < -0.39 is 0 Å². The summed E-state index contributed by atoms with van der Waals surface area (Å²) >= 11 is 0. The Balaban J connectivity index is 1.85. The largest absolute Gasteiger partial charge is 0.388 e. The number of rotatable bonds is 2. The average Bonchev–Trinajstić information content (AvgIpc) is 2.86. The molecule has 0 aliphatic heterocycles. The van der Waals surface area contributed by atoms with E-state index >= 15 is 0 Å². The number of hydrogen-bond acceptors (Lipinski definition) is 4. The summed E-state index contributed by atoms with van der Waals surface area (Å²) in [5.74, 6) is 1.25. The summed E-state index contributed by atoms with van der Waals surface area (Å²) in [6.45, 7) is 2.37. The van der Waals surface area contributed by atoms with Gasteiger partial charge in [0.25, 0.3) is 0 Å². The van der Waals surface area contributed by atoms with Crippen LogP contribution in [0.15, 0.2) is 16.9 Å². The molecule has 0 radical (unpaired) electrons. The average molecular weight is 233 g/mol. The molecule has 0 amide bonds. The first-order valence-electron chi connectivity index (χ1n) is 5.88. The maximum absolute atomic E-state index is 9.88. The highest BCUT2D eigenvalue weighted by atomic mass is 16.5. The molecule has 3 rings (SSSR count). The first-order chi connectivity index (χ1) is 8.22. The molecule has 0 bridgehead atoms. The maximum Gasteiger partial charge on any atom is 0.246 e. The summed E-state index contributed by atoms with van der Waals surface area (Å²) in [5, 5.41) is 13.6. The predicted octanol–water partition coefficient (Wildman–Crippen LogP) is 1.60. The van der Waals surface area contributed by atoms with Crippen molar-refractivity contribution in [2.24, 2.45) is 0 Å². The molecule has 0 spiro atoms. The normalized spacial score (nSPS) is 19.3. The van der Waals surface area contributed by atoms with Crippen molar-refractivity contribution in [1.82, 2.24) is 14.7 Å². The third-order valence-corrected chi connectivity index (χ3v) is 3.17. The third-order valence-electron chi connectivity index (χ3n) is 3.17. The minimum absolute atomic E-state index is 0.315. The number of aliphatic hydroxyl groups excluding tert-OH is 1. The summed E-state index contributed by atoms with van der Waals surface area (Å²) in [5.41, 5.74) is 2.28. The Morgan fingerprint density at radius 2 is 2.41 bits per heavy atom. The highest BCUT2D eigenvalue weighted by molar-refractivity contribution is 5.29. The lowest BCUT2D eigenvalue weighted by Gasteiger charge is -2.16. The first kappa shape index (κ1) is 10.5. The van der Waals surface area contributed by atoms with Gasteiger partial charge in [-0.05, 0) is 31.7 Å². The van der Waals surface area contributed by atoms with Gasteiger partial charge < -0.3 is 14.2 Å². The SMILES string of the molecule is Cc1noc(Cn2cc3c(c2)C(O)CCC3)n1. The zero-order valence-electron chi connectivity index (χ0n) is 9.76. The third kappa shape index (κ3) is 1.98. The van der Waals surface area contributed by atoms with E-state index in [1.807, 2.05) is 10.8 Å². The highest BCUT2D eigenvalue weighted by Crippen LogP contribution is 2.30. The number of nitrogens with zero attached hydrogens (tertiary/aromatic N) is 3. The summed E-state index contributed by atoms with van der Waals surface area (Å²) in [6, 6.07) is 0. The first-order valence-corrected chi connectivity index (χ1v) is 5.88. The van der Waals surface area contributed by atoms with Gasteiger partial charge >= 0.3 is 0 Å². The second-order valence-electron chi connectivity index (χ2n) is 4.55. The maximum atomic E-state index is 9.88. The molecule has 1 N–H and O–H groups in total. The fraction of sp³-hybridized carbons (Fsp3) is 0.500. The van der Waals surface area contributed by atoms with E-state index in [9.17, 15) is 5.11 Å². The fourth-order valence-electron chi connectivity index (χ4n) is 2.38. The molecule has 1 atom stereocenters. The van der Waals surface area contributed by atoms with E-state index in [2.05, 4.69) is 16.3 Å². The van der Waals surface area contributed by atoms with Crippen LogP contribution in [0.1, 0.15) is 41.8 Å². The molecule has 90 valence electrons. The van der Waals surface area contributed by atoms with Gasteiger partial charge in [0, 0.05) is 18.0 Å². The van der Waals surface area contributed by atoms with E-state index in [0.29, 0.717) is 18.3 Å². The fourth-order valence-corrected chi connectivity index (χ4v) is 2.38. The molecular formula is C12H15N3O2. The van der Waals surface area contributed by atoms with Crippen LogP contribution in [-0.2, 0) is 13.0 Å². The van der Waals surface area contributed by atoms with Crippen LogP contribution in [0.4, 0.5) is 0 Å². The molecule has 5 heteroatoms. The Labute approximate surface area is 99.1 Å². The van der Waals surface area contributed by atoms with Crippen LogP contribution in [0.5, 0.6) is 0 Å². The van der Waals surface area contributed by atoms with Gasteiger partial charge in [-0.3, -0.25) is 0 Å². The van der Waals surface area contributed by atoms with Gasteiger partial charge in [-0.1, -0.05) is 5.16 Å². The Morgan fingerprint density at radius 1 is 1.53 bits per heavy atom. The van der Waals surface area contributed by atoms with Gasteiger partial charge in [-0.15, -0.1) is 0 Å². The van der Waals surface area contributed by atoms with Crippen molar-refractivity contribution in [1.29, 1.82) is 0 Å². The van der Waals surface area contributed by atoms with Crippen molar-refractivity contribution < 1.29 is 9.63 Å². The molecular weight excluding hydrogens is 218 g/mol. The van der Waals surface area contributed by atoms with Crippen LogP contribution in [0.3, 0.4) is 0 Å². The molecule has 0 fully saturated rings. The molecule has 0 saturated heterocycles. The molecule has 2 aromatic heterocycles. The van der Waals surface area contributed by atoms with Crippen molar-refractivity contribution in [2.75, 3.05) is 0 Å². The van der Waals surface area contributed by atoms with Gasteiger partial charge in [0.05, 0.1) is 6.10 Å². The smallest absolute Gasteiger partial charge is 0.246 e. The molecule has 2 heterocycles. The van der Waals surface area contributed by atoms with E-state index in [0.717, 1.165) is 24.8 Å². The number of aromatic nitrogens is 3. The molecule has 5 nitrogen and oxygen atoms in total. The summed E-state index contributed by atoms with van der Waals surface area (Å²) in [7, 11) is 0. The zero-order valence-corrected chi connectivity index (χ0v) is 9.76. The van der Waals surface area contributed by atoms with E-state index in [4.69, 9.17) is 4.52 Å². The van der Waals surface area contributed by atoms with Crippen LogP contribution in [0.2, 0.25) is 0 Å². The summed E-state index contributed by atoms with van der Waals surface area (Å²) < 4.78 is 7.09. The number of fused-ring (bicyclic) bond motifs is 1. The molecule has 0 saturated carbocycles. The highest BCUT2D eigenvalue weighted by Gasteiger charge is 2.20. The number of aliphatic hydroxyl groups is 1. The Hall–Kier alpha value is -1.62. The van der Waals surface area contributed by atoms with Crippen LogP contribution < -0.4 is 0 Å². The minimum Gasteiger partial charge on any atom is -0.388 e. The van der Waals surface area contributed by atoms with E-state index in [1.165, 1.54) is 5.56 Å². The Bertz CT molecular complexity index is 530. The summed E-state index contributed by atoms with van der Waals surface area (Å²) in [6.07, 6.45) is 6.69. The van der Waals surface area contributed by atoms with Gasteiger partial charge in [0.15, 0.2) is 5.82 Å². The molecule has 1 aliphatic rings. The van der Waals surface area contributed by atoms with Crippen LogP contribution in [0, 0.1) is 6.92 Å². The predicted molar refractivity (Wildman–Crippen MR) is 60.5 cm³/mol. The van der Waals surface area contributed by atoms with Gasteiger partial charge in [0.2, 0.25) is 5.89 Å². The van der Waals surface area contributed by atoms with Crippen molar-refractivity contribution >= 4 is 0 Å². The molecule has 1 unspecified atom stereocenters. The molecule has 2 aromatic rings. The quantitative estimate of drug-likeness (QED) is 0.855. The Morgan fingerprint density at radius 3 is 3.12 bits per heavy atom. The topological polar surface area (TPSA) is 64.1 Å². The van der Waals surface area contributed by atoms with Crippen LogP contribution in [-0.4, -0.2) is 19.8 Å². The monoisotopic (exact) mass is 233 g/mol. The lowest BCUT2D eigenvalue weighted by Crippen LogP contribution is -2.05. The summed E-state index contributed by atoms with van der Waals surface area (Å²) in [4.78, 5) is 4.17. The lowest BCUT2D eigenvalue weighted by molar-refractivity contribution is 0.157. The molecule has 1 aliphatic carbocycles. The van der Waals surface area contributed by atoms with Crippen LogP contribution in [0.25, 0.3) is 0 Å². The second-order valence-corrected chi connectivity index (χ2v) is 4.55. The van der Waals surface area contributed by atoms with Gasteiger partial charge in [-0.2, -0.15) is 4.98 Å². The zero-order chi connectivity index (χ0) is 11.8. The Kier molecular flexibility index (Phi) is 2.48. The van der Waals surface area contributed by atoms with Crippen LogP contribution >= 0.6 is 0 Å². The number of hydrogen-bond donors (Lipinski definition) is 1. The van der Waals surface area contributed by atoms with E-state index in [1.54, 1.807) is 6.92 Å². The van der Waals surface area contributed by atoms with Crippen molar-refractivity contribution in [3.05, 3.63) is 35.2 Å². The minimum atomic E-state index is -0.315. The number of aryl methyl sites for hydroxylation is 2. The standard InChI is InChI=1S/C12H15N3O2/c1-8-13-12(17-14-8)7-15-5-9-3-2-4-11(16)10(9)6-15/h5-6,11,16H,2-4,7H2,1H3. The molecule has 0 aromatic carbocycles. The second kappa shape index (κ2) is 4.00. The van der Waals surface area contributed by atoms with Crippen molar-refractivity contribution in [3.8, 4) is 0 Å².